The van der Waals surface area contributed by atoms with E-state index in [9.17, 15) is 13.6 Å². The van der Waals surface area contributed by atoms with Crippen molar-refractivity contribution in [1.29, 1.82) is 0 Å². The summed E-state index contributed by atoms with van der Waals surface area (Å²) in [6.07, 6.45) is -2.54. The van der Waals surface area contributed by atoms with Crippen molar-refractivity contribution >= 4 is 33.4 Å². The van der Waals surface area contributed by atoms with Crippen molar-refractivity contribution in [2.45, 2.75) is 13.3 Å². The van der Waals surface area contributed by atoms with Gasteiger partial charge in [0.05, 0.1) is 6.54 Å². The summed E-state index contributed by atoms with van der Waals surface area (Å²) in [4.78, 5) is 13.2. The van der Waals surface area contributed by atoms with Gasteiger partial charge in [-0.05, 0) is 30.7 Å². The average molecular weight is 341 g/mol. The normalized spacial score (nSPS) is 10.8. The van der Waals surface area contributed by atoms with Crippen LogP contribution in [0, 0.1) is 6.92 Å². The van der Waals surface area contributed by atoms with Gasteiger partial charge in [0.2, 0.25) is 0 Å². The molecule has 0 aliphatic rings. The Kier molecular flexibility index (Phi) is 6.02. The van der Waals surface area contributed by atoms with Crippen LogP contribution >= 0.6 is 27.5 Å². The molecule has 2 nitrogen and oxygen atoms in total. The molecule has 0 bridgehead atoms. The fraction of sp³-hybridized carbons (Fsp3) is 0.417. The summed E-state index contributed by atoms with van der Waals surface area (Å²) in [6.45, 7) is 1.44. The molecule has 1 aromatic rings. The molecule has 0 aliphatic heterocycles. The van der Waals surface area contributed by atoms with Crippen molar-refractivity contribution in [2.24, 2.45) is 0 Å². The van der Waals surface area contributed by atoms with Crippen molar-refractivity contribution in [3.63, 3.8) is 0 Å². The molecule has 0 saturated heterocycles. The fourth-order valence-corrected chi connectivity index (χ4v) is 2.05. The molecule has 0 heterocycles. The van der Waals surface area contributed by atoms with E-state index >= 15 is 0 Å². The molecule has 1 amide bonds. The van der Waals surface area contributed by atoms with E-state index in [1.54, 1.807) is 25.1 Å². The van der Waals surface area contributed by atoms with Crippen LogP contribution in [0.3, 0.4) is 0 Å². The van der Waals surface area contributed by atoms with Gasteiger partial charge in [-0.15, -0.1) is 0 Å². The van der Waals surface area contributed by atoms with E-state index in [1.165, 1.54) is 0 Å². The number of hydrogen-bond donors (Lipinski definition) is 0. The molecule has 1 rings (SSSR count). The fourth-order valence-electron chi connectivity index (χ4n) is 1.50. The number of halogens is 4. The lowest BCUT2D eigenvalue weighted by Gasteiger charge is -2.21. The Balaban J connectivity index is 2.90. The second-order valence-electron chi connectivity index (χ2n) is 3.80. The second-order valence-corrected chi connectivity index (χ2v) is 5.00. The summed E-state index contributed by atoms with van der Waals surface area (Å²) >= 11 is 9.00. The van der Waals surface area contributed by atoms with Gasteiger partial charge in [-0.25, -0.2) is 8.78 Å². The number of rotatable bonds is 5. The van der Waals surface area contributed by atoms with Crippen LogP contribution in [0.25, 0.3) is 0 Å². The first-order valence-electron chi connectivity index (χ1n) is 5.35. The number of carbonyl (C=O) groups excluding carboxylic acids is 1. The molecule has 0 spiro atoms. The number of carbonyl (C=O) groups is 1. The summed E-state index contributed by atoms with van der Waals surface area (Å²) in [7, 11) is 0. The zero-order valence-corrected chi connectivity index (χ0v) is 12.1. The lowest BCUT2D eigenvalue weighted by molar-refractivity contribution is 0.0572. The van der Waals surface area contributed by atoms with Gasteiger partial charge in [0.1, 0.15) is 0 Å². The van der Waals surface area contributed by atoms with E-state index in [0.717, 1.165) is 10.5 Å². The Hall–Kier alpha value is -0.680. The summed E-state index contributed by atoms with van der Waals surface area (Å²) in [5.41, 5.74) is 1.12. The molecule has 0 aromatic heterocycles. The van der Waals surface area contributed by atoms with Crippen molar-refractivity contribution < 1.29 is 13.6 Å². The van der Waals surface area contributed by atoms with Crippen LogP contribution in [0.2, 0.25) is 5.02 Å². The van der Waals surface area contributed by atoms with Crippen LogP contribution in [-0.4, -0.2) is 35.7 Å². The number of benzene rings is 1. The summed E-state index contributed by atoms with van der Waals surface area (Å²) in [5, 5.41) is 1.00. The first kappa shape index (κ1) is 15.4. The second kappa shape index (κ2) is 7.04. The van der Waals surface area contributed by atoms with Gasteiger partial charge < -0.3 is 4.90 Å². The molecule has 0 radical (unpaired) electrons. The molecule has 6 heteroatoms. The van der Waals surface area contributed by atoms with Crippen molar-refractivity contribution in [3.8, 4) is 0 Å². The average Bonchev–Trinajstić information content (AvgIpc) is 2.31. The van der Waals surface area contributed by atoms with Crippen LogP contribution < -0.4 is 0 Å². The van der Waals surface area contributed by atoms with Crippen molar-refractivity contribution in [1.82, 2.24) is 4.90 Å². The minimum atomic E-state index is -2.54. The Bertz CT molecular complexity index is 429. The maximum Gasteiger partial charge on any atom is 0.255 e. The van der Waals surface area contributed by atoms with Gasteiger partial charge in [-0.2, -0.15) is 0 Å². The first-order chi connectivity index (χ1) is 8.45. The molecular formula is C12H13BrClF2NO. The number of amides is 1. The zero-order valence-electron chi connectivity index (χ0n) is 9.80. The van der Waals surface area contributed by atoms with Gasteiger partial charge in [0.25, 0.3) is 12.3 Å². The van der Waals surface area contributed by atoms with E-state index < -0.39 is 18.9 Å². The minimum absolute atomic E-state index is 0.241. The molecule has 0 N–H and O–H groups in total. The Labute approximate surface area is 118 Å². The maximum absolute atomic E-state index is 12.4. The Morgan fingerprint density at radius 3 is 2.67 bits per heavy atom. The molecular weight excluding hydrogens is 327 g/mol. The summed E-state index contributed by atoms with van der Waals surface area (Å²) in [6, 6.07) is 4.75. The zero-order chi connectivity index (χ0) is 13.7. The predicted molar refractivity (Wildman–Crippen MR) is 71.9 cm³/mol. The van der Waals surface area contributed by atoms with Crippen molar-refractivity contribution in [2.75, 3.05) is 18.4 Å². The molecule has 0 unspecified atom stereocenters. The van der Waals surface area contributed by atoms with E-state index in [2.05, 4.69) is 15.9 Å². The lowest BCUT2D eigenvalue weighted by Crippen LogP contribution is -2.36. The SMILES string of the molecule is Cc1cc(C(=O)N(CCBr)CC(F)F)ccc1Cl. The third-order valence-corrected chi connectivity index (χ3v) is 3.18. The smallest absolute Gasteiger partial charge is 0.255 e. The van der Waals surface area contributed by atoms with Crippen LogP contribution in [0.5, 0.6) is 0 Å². The predicted octanol–water partition coefficient (Wildman–Crippen LogP) is 3.75. The third-order valence-electron chi connectivity index (χ3n) is 2.40. The van der Waals surface area contributed by atoms with Gasteiger partial charge in [0.15, 0.2) is 0 Å². The summed E-state index contributed by atoms with van der Waals surface area (Å²) in [5.74, 6) is -0.408. The molecule has 100 valence electrons. The highest BCUT2D eigenvalue weighted by atomic mass is 79.9. The van der Waals surface area contributed by atoms with Crippen LogP contribution in [0.4, 0.5) is 8.78 Å². The van der Waals surface area contributed by atoms with Gasteiger partial charge in [-0.3, -0.25) is 4.79 Å². The molecule has 0 aliphatic carbocycles. The van der Waals surface area contributed by atoms with Crippen LogP contribution in [-0.2, 0) is 0 Å². The van der Waals surface area contributed by atoms with E-state index in [0.29, 0.717) is 15.9 Å². The Morgan fingerprint density at radius 2 is 2.17 bits per heavy atom. The van der Waals surface area contributed by atoms with Crippen molar-refractivity contribution in [3.05, 3.63) is 34.3 Å². The molecule has 0 atom stereocenters. The van der Waals surface area contributed by atoms with E-state index in [4.69, 9.17) is 11.6 Å². The maximum atomic E-state index is 12.4. The monoisotopic (exact) mass is 339 g/mol. The first-order valence-corrected chi connectivity index (χ1v) is 6.85. The van der Waals surface area contributed by atoms with Gasteiger partial charge in [-0.1, -0.05) is 27.5 Å². The number of alkyl halides is 3. The van der Waals surface area contributed by atoms with E-state index in [-0.39, 0.29) is 6.54 Å². The number of hydrogen-bond acceptors (Lipinski definition) is 1. The standard InChI is InChI=1S/C12H13BrClF2NO/c1-8-6-9(2-3-10(8)14)12(18)17(5-4-13)7-11(15)16/h2-3,6,11H,4-5,7H2,1H3. The Morgan fingerprint density at radius 1 is 1.50 bits per heavy atom. The highest BCUT2D eigenvalue weighted by Crippen LogP contribution is 2.18. The topological polar surface area (TPSA) is 20.3 Å². The number of aryl methyl sites for hydroxylation is 1. The highest BCUT2D eigenvalue weighted by Gasteiger charge is 2.19. The lowest BCUT2D eigenvalue weighted by atomic mass is 10.1. The minimum Gasteiger partial charge on any atom is -0.332 e. The van der Waals surface area contributed by atoms with E-state index in [1.807, 2.05) is 0 Å². The molecule has 1 aromatic carbocycles. The van der Waals surface area contributed by atoms with Crippen LogP contribution in [0.15, 0.2) is 18.2 Å². The number of nitrogens with zero attached hydrogens (tertiary/aromatic N) is 1. The largest absolute Gasteiger partial charge is 0.332 e. The molecule has 0 fully saturated rings. The highest BCUT2D eigenvalue weighted by molar-refractivity contribution is 9.09. The van der Waals surface area contributed by atoms with Crippen LogP contribution in [0.1, 0.15) is 15.9 Å². The molecule has 0 saturated carbocycles. The summed E-state index contributed by atoms with van der Waals surface area (Å²) < 4.78 is 24.8. The van der Waals surface area contributed by atoms with Gasteiger partial charge >= 0.3 is 0 Å². The van der Waals surface area contributed by atoms with Gasteiger partial charge in [0, 0.05) is 22.5 Å². The molecule has 18 heavy (non-hydrogen) atoms. The quantitative estimate of drug-likeness (QED) is 0.748. The third kappa shape index (κ3) is 4.21.